The number of benzene rings is 2. The molecule has 1 N–H and O–H groups in total. The van der Waals surface area contributed by atoms with Crippen molar-refractivity contribution in [3.05, 3.63) is 72.9 Å². The fourth-order valence-corrected chi connectivity index (χ4v) is 3.37. The molecule has 0 aliphatic carbocycles. The van der Waals surface area contributed by atoms with Crippen LogP contribution in [0, 0.1) is 0 Å². The Morgan fingerprint density at radius 2 is 1.81 bits per heavy atom. The van der Waals surface area contributed by atoms with Crippen LogP contribution in [-0.4, -0.2) is 22.5 Å². The smallest absolute Gasteiger partial charge is 0.262 e. The average molecular weight is 361 g/mol. The standard InChI is InChI=1S/C20H15N3O2S/c24-18(13-25-16-5-2-1-3-6-16)22-15-10-8-14(9-11-15)19-23-17-7-4-12-21-20(17)26-19/h1-12H,13H2,(H,22,24). The van der Waals surface area contributed by atoms with E-state index in [0.29, 0.717) is 5.75 Å². The second kappa shape index (κ2) is 7.33. The number of para-hydroxylation sites is 1. The maximum absolute atomic E-state index is 12.0. The van der Waals surface area contributed by atoms with E-state index < -0.39 is 0 Å². The second-order valence-electron chi connectivity index (χ2n) is 5.57. The Bertz CT molecular complexity index is 997. The van der Waals surface area contributed by atoms with Gasteiger partial charge in [0.15, 0.2) is 6.61 Å². The fraction of sp³-hybridized carbons (Fsp3) is 0.0500. The van der Waals surface area contributed by atoms with Crippen LogP contribution in [0.25, 0.3) is 20.9 Å². The molecule has 0 aliphatic heterocycles. The number of rotatable bonds is 5. The monoisotopic (exact) mass is 361 g/mol. The molecule has 26 heavy (non-hydrogen) atoms. The van der Waals surface area contributed by atoms with Gasteiger partial charge in [-0.1, -0.05) is 29.5 Å². The van der Waals surface area contributed by atoms with Crippen molar-refractivity contribution < 1.29 is 9.53 Å². The van der Waals surface area contributed by atoms with Gasteiger partial charge in [-0.2, -0.15) is 0 Å². The first kappa shape index (κ1) is 16.2. The molecule has 0 unspecified atom stereocenters. The lowest BCUT2D eigenvalue weighted by molar-refractivity contribution is -0.118. The minimum Gasteiger partial charge on any atom is -0.484 e. The van der Waals surface area contributed by atoms with E-state index in [9.17, 15) is 4.79 Å². The van der Waals surface area contributed by atoms with Crippen molar-refractivity contribution in [1.82, 2.24) is 9.97 Å². The highest BCUT2D eigenvalue weighted by atomic mass is 32.1. The minimum atomic E-state index is -0.203. The molecule has 0 saturated heterocycles. The molecule has 2 aromatic heterocycles. The largest absolute Gasteiger partial charge is 0.484 e. The Kier molecular flexibility index (Phi) is 4.57. The van der Waals surface area contributed by atoms with Gasteiger partial charge in [0.2, 0.25) is 0 Å². The van der Waals surface area contributed by atoms with Gasteiger partial charge in [-0.05, 0) is 48.5 Å². The molecule has 0 bridgehead atoms. The van der Waals surface area contributed by atoms with E-state index in [2.05, 4.69) is 15.3 Å². The van der Waals surface area contributed by atoms with E-state index in [0.717, 1.165) is 26.6 Å². The molecule has 0 spiro atoms. The molecule has 6 heteroatoms. The Morgan fingerprint density at radius 3 is 2.58 bits per heavy atom. The van der Waals surface area contributed by atoms with Crippen LogP contribution in [0.1, 0.15) is 0 Å². The molecule has 0 fully saturated rings. The van der Waals surface area contributed by atoms with E-state index in [1.165, 1.54) is 0 Å². The number of amides is 1. The maximum Gasteiger partial charge on any atom is 0.262 e. The lowest BCUT2D eigenvalue weighted by Gasteiger charge is -2.07. The van der Waals surface area contributed by atoms with Crippen LogP contribution in [0.4, 0.5) is 5.69 Å². The lowest BCUT2D eigenvalue weighted by atomic mass is 10.2. The van der Waals surface area contributed by atoms with Crippen molar-refractivity contribution in [1.29, 1.82) is 0 Å². The van der Waals surface area contributed by atoms with Crippen LogP contribution >= 0.6 is 11.3 Å². The van der Waals surface area contributed by atoms with Crippen LogP contribution in [0.5, 0.6) is 5.75 Å². The number of ether oxygens (including phenoxy) is 1. The van der Waals surface area contributed by atoms with Crippen LogP contribution in [0.3, 0.4) is 0 Å². The zero-order chi connectivity index (χ0) is 17.8. The molecule has 2 aromatic carbocycles. The average Bonchev–Trinajstić information content (AvgIpc) is 3.12. The third-order valence-electron chi connectivity index (χ3n) is 3.70. The van der Waals surface area contributed by atoms with Crippen molar-refractivity contribution in [3.63, 3.8) is 0 Å². The first-order chi connectivity index (χ1) is 12.8. The van der Waals surface area contributed by atoms with Gasteiger partial charge in [-0.3, -0.25) is 4.79 Å². The zero-order valence-electron chi connectivity index (χ0n) is 13.8. The summed E-state index contributed by atoms with van der Waals surface area (Å²) in [6.45, 7) is -0.0324. The first-order valence-corrected chi connectivity index (χ1v) is 8.89. The topological polar surface area (TPSA) is 64.1 Å². The molecular weight excluding hydrogens is 346 g/mol. The fourth-order valence-electron chi connectivity index (χ4n) is 2.45. The molecule has 0 atom stereocenters. The van der Waals surface area contributed by atoms with Gasteiger partial charge in [-0.15, -0.1) is 0 Å². The summed E-state index contributed by atoms with van der Waals surface area (Å²) in [4.78, 5) is 21.8. The van der Waals surface area contributed by atoms with Gasteiger partial charge in [0.05, 0.1) is 0 Å². The third-order valence-corrected chi connectivity index (χ3v) is 4.72. The number of aromatic nitrogens is 2. The number of nitrogens with zero attached hydrogens (tertiary/aromatic N) is 2. The normalized spacial score (nSPS) is 10.6. The predicted molar refractivity (Wildman–Crippen MR) is 103 cm³/mol. The Labute approximate surface area is 154 Å². The van der Waals surface area contributed by atoms with Crippen LogP contribution in [-0.2, 0) is 4.79 Å². The van der Waals surface area contributed by atoms with Crippen LogP contribution in [0.2, 0.25) is 0 Å². The lowest BCUT2D eigenvalue weighted by Crippen LogP contribution is -2.20. The number of carbonyl (C=O) groups is 1. The summed E-state index contributed by atoms with van der Waals surface area (Å²) < 4.78 is 5.44. The van der Waals surface area contributed by atoms with Crippen molar-refractivity contribution in [2.45, 2.75) is 0 Å². The number of anilines is 1. The predicted octanol–water partition coefficient (Wildman–Crippen LogP) is 4.38. The highest BCUT2D eigenvalue weighted by molar-refractivity contribution is 7.21. The molecule has 2 heterocycles. The molecule has 4 aromatic rings. The second-order valence-corrected chi connectivity index (χ2v) is 6.55. The summed E-state index contributed by atoms with van der Waals surface area (Å²) >= 11 is 1.55. The van der Waals surface area contributed by atoms with Gasteiger partial charge in [0.25, 0.3) is 5.91 Å². The van der Waals surface area contributed by atoms with Gasteiger partial charge in [0, 0.05) is 17.4 Å². The molecule has 5 nitrogen and oxygen atoms in total. The molecule has 0 saturated carbocycles. The quantitative estimate of drug-likeness (QED) is 0.573. The number of pyridine rings is 1. The maximum atomic E-state index is 12.0. The molecule has 0 aliphatic rings. The Balaban J connectivity index is 1.40. The van der Waals surface area contributed by atoms with Crippen molar-refractivity contribution in [2.75, 3.05) is 11.9 Å². The number of fused-ring (bicyclic) bond motifs is 1. The van der Waals surface area contributed by atoms with Gasteiger partial charge >= 0.3 is 0 Å². The minimum absolute atomic E-state index is 0.0324. The van der Waals surface area contributed by atoms with Crippen LogP contribution in [0.15, 0.2) is 72.9 Å². The number of carbonyl (C=O) groups excluding carboxylic acids is 1. The van der Waals surface area contributed by atoms with Crippen molar-refractivity contribution in [2.24, 2.45) is 0 Å². The van der Waals surface area contributed by atoms with E-state index >= 15 is 0 Å². The molecule has 4 rings (SSSR count). The van der Waals surface area contributed by atoms with Crippen molar-refractivity contribution in [3.8, 4) is 16.3 Å². The summed E-state index contributed by atoms with van der Waals surface area (Å²) in [7, 11) is 0. The molecule has 0 radical (unpaired) electrons. The number of hydrogen-bond donors (Lipinski definition) is 1. The summed E-state index contributed by atoms with van der Waals surface area (Å²) in [6, 6.07) is 20.7. The van der Waals surface area contributed by atoms with Crippen LogP contribution < -0.4 is 10.1 Å². The van der Waals surface area contributed by atoms with E-state index in [1.807, 2.05) is 66.7 Å². The molecule has 128 valence electrons. The number of thiazole rings is 1. The molecule has 1 amide bonds. The third kappa shape index (κ3) is 3.70. The SMILES string of the molecule is O=C(COc1ccccc1)Nc1ccc(-c2nc3cccnc3s2)cc1. The summed E-state index contributed by atoms with van der Waals surface area (Å²) in [6.07, 6.45) is 1.76. The summed E-state index contributed by atoms with van der Waals surface area (Å²) in [5.41, 5.74) is 2.60. The first-order valence-electron chi connectivity index (χ1n) is 8.08. The zero-order valence-corrected chi connectivity index (χ0v) is 14.6. The highest BCUT2D eigenvalue weighted by Gasteiger charge is 2.08. The summed E-state index contributed by atoms with van der Waals surface area (Å²) in [5.74, 6) is 0.466. The van der Waals surface area contributed by atoms with Gasteiger partial charge < -0.3 is 10.1 Å². The highest BCUT2D eigenvalue weighted by Crippen LogP contribution is 2.29. The van der Waals surface area contributed by atoms with E-state index in [1.54, 1.807) is 17.5 Å². The van der Waals surface area contributed by atoms with E-state index in [-0.39, 0.29) is 12.5 Å². The summed E-state index contributed by atoms with van der Waals surface area (Å²) in [5, 5.41) is 3.73. The molecular formula is C20H15N3O2S. The van der Waals surface area contributed by atoms with Crippen molar-refractivity contribution >= 4 is 33.3 Å². The van der Waals surface area contributed by atoms with Gasteiger partial charge in [-0.25, -0.2) is 9.97 Å². The Morgan fingerprint density at radius 1 is 1.00 bits per heavy atom. The number of hydrogen-bond acceptors (Lipinski definition) is 5. The Hall–Kier alpha value is -3.25. The number of nitrogens with one attached hydrogen (secondary N) is 1. The van der Waals surface area contributed by atoms with E-state index in [4.69, 9.17) is 4.74 Å². The van der Waals surface area contributed by atoms with Gasteiger partial charge in [0.1, 0.15) is 21.1 Å².